The van der Waals surface area contributed by atoms with Crippen LogP contribution in [-0.4, -0.2) is 56.1 Å². The van der Waals surface area contributed by atoms with Crippen LogP contribution in [0.15, 0.2) is 60.8 Å². The Morgan fingerprint density at radius 3 is 2.46 bits per heavy atom. The minimum absolute atomic E-state index is 0.184. The maximum absolute atomic E-state index is 13.7. The monoisotopic (exact) mass is 528 g/mol. The number of H-pyrrole nitrogens is 1. The van der Waals surface area contributed by atoms with Crippen molar-refractivity contribution in [2.75, 3.05) is 27.9 Å². The first-order valence-electron chi connectivity index (χ1n) is 12.8. The first-order chi connectivity index (χ1) is 18.9. The van der Waals surface area contributed by atoms with Crippen LogP contribution >= 0.6 is 0 Å². The number of hydrogen-bond donors (Lipinski definition) is 3. The number of fused-ring (bicyclic) bond motifs is 2. The Balaban J connectivity index is 1.51. The smallest absolute Gasteiger partial charge is 0.255 e. The number of aromatic amines is 1. The van der Waals surface area contributed by atoms with E-state index in [1.165, 1.54) is 0 Å². The number of aliphatic hydroxyl groups excluding tert-OH is 1. The first-order valence-corrected chi connectivity index (χ1v) is 12.8. The van der Waals surface area contributed by atoms with Crippen molar-refractivity contribution < 1.29 is 28.8 Å². The van der Waals surface area contributed by atoms with Gasteiger partial charge in [-0.05, 0) is 66.4 Å². The molecule has 1 amide bonds. The Bertz CT molecular complexity index is 1510. The van der Waals surface area contributed by atoms with E-state index in [2.05, 4.69) is 10.3 Å². The third-order valence-corrected chi connectivity index (χ3v) is 6.91. The molecule has 0 saturated heterocycles. The molecule has 0 fully saturated rings. The predicted octanol–water partition coefficient (Wildman–Crippen LogP) is 4.99. The fraction of sp³-hybridized carbons (Fsp3) is 0.258. The molecule has 1 aliphatic heterocycles. The number of methoxy groups -OCH3 is 3. The van der Waals surface area contributed by atoms with Crippen molar-refractivity contribution in [1.82, 2.24) is 10.3 Å². The van der Waals surface area contributed by atoms with Gasteiger partial charge < -0.3 is 34.4 Å². The van der Waals surface area contributed by atoms with E-state index in [-0.39, 0.29) is 18.6 Å². The summed E-state index contributed by atoms with van der Waals surface area (Å²) in [6.45, 7) is 1.71. The van der Waals surface area contributed by atoms with Gasteiger partial charge in [-0.2, -0.15) is 0 Å². The summed E-state index contributed by atoms with van der Waals surface area (Å²) in [6, 6.07) is 14.9. The second-order valence-electron chi connectivity index (χ2n) is 9.45. The van der Waals surface area contributed by atoms with E-state index in [4.69, 9.17) is 18.9 Å². The quantitative estimate of drug-likeness (QED) is 0.283. The molecule has 0 spiro atoms. The van der Waals surface area contributed by atoms with E-state index in [9.17, 15) is 9.90 Å². The molecule has 5 rings (SSSR count). The Kier molecular flexibility index (Phi) is 7.47. The van der Waals surface area contributed by atoms with E-state index in [0.717, 1.165) is 33.2 Å². The molecule has 2 atom stereocenters. The number of hydrogen-bond acceptors (Lipinski definition) is 6. The van der Waals surface area contributed by atoms with Crippen molar-refractivity contribution in [2.24, 2.45) is 0 Å². The maximum Gasteiger partial charge on any atom is 0.255 e. The van der Waals surface area contributed by atoms with Crippen LogP contribution in [0.4, 0.5) is 0 Å². The molecule has 0 bridgehead atoms. The number of rotatable bonds is 9. The van der Waals surface area contributed by atoms with Crippen molar-refractivity contribution in [3.05, 3.63) is 77.5 Å². The van der Waals surface area contributed by atoms with Crippen LogP contribution in [0.25, 0.3) is 28.1 Å². The van der Waals surface area contributed by atoms with Gasteiger partial charge in [-0.3, -0.25) is 4.79 Å². The van der Waals surface area contributed by atoms with Crippen LogP contribution in [0.5, 0.6) is 23.0 Å². The highest BCUT2D eigenvalue weighted by Crippen LogP contribution is 2.43. The van der Waals surface area contributed by atoms with Gasteiger partial charge in [0.25, 0.3) is 5.91 Å². The first kappa shape index (κ1) is 26.2. The Hall–Kier alpha value is -4.43. The molecule has 1 aliphatic rings. The minimum Gasteiger partial charge on any atom is -0.493 e. The summed E-state index contributed by atoms with van der Waals surface area (Å²) in [5.41, 5.74) is 4.75. The van der Waals surface area contributed by atoms with Gasteiger partial charge in [0, 0.05) is 22.7 Å². The summed E-state index contributed by atoms with van der Waals surface area (Å²) in [4.78, 5) is 17.0. The van der Waals surface area contributed by atoms with Crippen LogP contribution in [0.3, 0.4) is 0 Å². The summed E-state index contributed by atoms with van der Waals surface area (Å²) in [7, 11) is 4.68. The predicted molar refractivity (Wildman–Crippen MR) is 151 cm³/mol. The Morgan fingerprint density at radius 1 is 1.05 bits per heavy atom. The molecule has 0 saturated carbocycles. The lowest BCUT2D eigenvalue weighted by Crippen LogP contribution is -2.39. The van der Waals surface area contributed by atoms with E-state index in [0.29, 0.717) is 35.0 Å². The standard InChI is InChI=1S/C31H32N2O6/c1-18-9-10-19-11-20(21-14-27(36-2)30(38-4)28(15-21)37-3)13-25(29(19)39-18)31(35)33-23(17-34)12-22-16-32-26-8-6-5-7-24(22)26/h5-11,13-16,18,23,32,34H,12,17H2,1-4H3,(H,33,35)/t18?,23-/m1/s1. The normalized spacial score (nSPS) is 14.8. The molecular formula is C31H32N2O6. The highest BCUT2D eigenvalue weighted by atomic mass is 16.5. The third-order valence-electron chi connectivity index (χ3n) is 6.91. The van der Waals surface area contributed by atoms with Crippen molar-refractivity contribution in [1.29, 1.82) is 0 Å². The zero-order chi connectivity index (χ0) is 27.5. The summed E-state index contributed by atoms with van der Waals surface area (Å²) in [5.74, 6) is 1.68. The van der Waals surface area contributed by atoms with Gasteiger partial charge in [-0.15, -0.1) is 0 Å². The topological polar surface area (TPSA) is 102 Å². The number of para-hydroxylation sites is 1. The molecule has 3 N–H and O–H groups in total. The number of nitrogens with one attached hydrogen (secondary N) is 2. The Morgan fingerprint density at radius 2 is 1.77 bits per heavy atom. The van der Waals surface area contributed by atoms with Gasteiger partial charge in [0.2, 0.25) is 5.75 Å². The highest BCUT2D eigenvalue weighted by molar-refractivity contribution is 6.00. The largest absolute Gasteiger partial charge is 0.493 e. The van der Waals surface area contributed by atoms with E-state index in [1.54, 1.807) is 27.4 Å². The summed E-state index contributed by atoms with van der Waals surface area (Å²) < 4.78 is 22.6. The van der Waals surface area contributed by atoms with Crippen molar-refractivity contribution in [3.63, 3.8) is 0 Å². The fourth-order valence-electron chi connectivity index (χ4n) is 4.94. The number of aliphatic hydroxyl groups is 1. The molecule has 1 aromatic heterocycles. The van der Waals surface area contributed by atoms with Gasteiger partial charge in [0.1, 0.15) is 11.9 Å². The molecule has 8 nitrogen and oxygen atoms in total. The maximum atomic E-state index is 13.7. The fourth-order valence-corrected chi connectivity index (χ4v) is 4.94. The van der Waals surface area contributed by atoms with Crippen LogP contribution in [0.1, 0.15) is 28.4 Å². The summed E-state index contributed by atoms with van der Waals surface area (Å²) in [6.07, 6.45) is 6.10. The molecule has 8 heteroatoms. The molecule has 0 radical (unpaired) electrons. The van der Waals surface area contributed by atoms with Gasteiger partial charge in [-0.25, -0.2) is 0 Å². The van der Waals surface area contributed by atoms with Gasteiger partial charge in [0.05, 0.1) is 39.5 Å². The molecule has 202 valence electrons. The summed E-state index contributed by atoms with van der Waals surface area (Å²) >= 11 is 0. The average molecular weight is 529 g/mol. The zero-order valence-corrected chi connectivity index (χ0v) is 22.4. The molecule has 4 aromatic rings. The molecular weight excluding hydrogens is 496 g/mol. The lowest BCUT2D eigenvalue weighted by Gasteiger charge is -2.24. The number of carbonyl (C=O) groups is 1. The Labute approximate surface area is 227 Å². The van der Waals surface area contributed by atoms with E-state index in [1.807, 2.05) is 67.7 Å². The van der Waals surface area contributed by atoms with Gasteiger partial charge in [0.15, 0.2) is 11.5 Å². The third kappa shape index (κ3) is 5.15. The average Bonchev–Trinajstić information content (AvgIpc) is 3.37. The van der Waals surface area contributed by atoms with Crippen molar-refractivity contribution in [2.45, 2.75) is 25.5 Å². The van der Waals surface area contributed by atoms with Crippen LogP contribution in [-0.2, 0) is 6.42 Å². The van der Waals surface area contributed by atoms with Crippen LogP contribution in [0, 0.1) is 0 Å². The van der Waals surface area contributed by atoms with E-state index < -0.39 is 6.04 Å². The van der Waals surface area contributed by atoms with Crippen LogP contribution < -0.4 is 24.3 Å². The number of carbonyl (C=O) groups excluding carboxylic acids is 1. The molecule has 2 heterocycles. The molecule has 0 aliphatic carbocycles. The highest BCUT2D eigenvalue weighted by Gasteiger charge is 2.25. The molecule has 3 aromatic carbocycles. The van der Waals surface area contributed by atoms with Crippen molar-refractivity contribution in [3.8, 4) is 34.1 Å². The lowest BCUT2D eigenvalue weighted by atomic mass is 9.95. The summed E-state index contributed by atoms with van der Waals surface area (Å²) in [5, 5.41) is 14.2. The van der Waals surface area contributed by atoms with Crippen LogP contribution in [0.2, 0.25) is 0 Å². The zero-order valence-electron chi connectivity index (χ0n) is 22.4. The number of ether oxygens (including phenoxy) is 4. The van der Waals surface area contributed by atoms with Crippen molar-refractivity contribution >= 4 is 22.9 Å². The molecule has 39 heavy (non-hydrogen) atoms. The van der Waals surface area contributed by atoms with Gasteiger partial charge in [-0.1, -0.05) is 24.3 Å². The second-order valence-corrected chi connectivity index (χ2v) is 9.45. The van der Waals surface area contributed by atoms with Gasteiger partial charge >= 0.3 is 0 Å². The second kappa shape index (κ2) is 11.1. The number of amides is 1. The molecule has 1 unspecified atom stereocenters. The number of aromatic nitrogens is 1. The minimum atomic E-state index is -0.492. The van der Waals surface area contributed by atoms with E-state index >= 15 is 0 Å². The lowest BCUT2D eigenvalue weighted by molar-refractivity contribution is 0.0911. The number of benzene rings is 3. The SMILES string of the molecule is COc1cc(-c2cc3c(c(C(=O)N[C@@H](CO)Cc4c[nH]c5ccccc45)c2)OC(C)C=C3)cc(OC)c1OC.